The summed E-state index contributed by atoms with van der Waals surface area (Å²) in [4.78, 5) is 38.5. The van der Waals surface area contributed by atoms with E-state index in [9.17, 15) is 9.59 Å². The van der Waals surface area contributed by atoms with Crippen molar-refractivity contribution in [1.29, 1.82) is 5.26 Å². The fraction of sp³-hybridized carbons (Fsp3) is 0.185. The molecule has 0 spiro atoms. The zero-order valence-corrected chi connectivity index (χ0v) is 18.9. The Labute approximate surface area is 200 Å². The molecule has 4 heterocycles. The lowest BCUT2D eigenvalue weighted by Gasteiger charge is -2.33. The number of nitrogens with one attached hydrogen (secondary N) is 2. The first-order valence-corrected chi connectivity index (χ1v) is 11.6. The van der Waals surface area contributed by atoms with Crippen LogP contribution in [0.15, 0.2) is 71.8 Å². The fourth-order valence-corrected chi connectivity index (χ4v) is 5.05. The number of aromatic amines is 2. The first-order valence-electron chi connectivity index (χ1n) is 11.6. The molecule has 1 amide bonds. The third kappa shape index (κ3) is 3.58. The molecule has 3 aromatic heterocycles. The molecule has 5 aromatic rings. The standard InChI is InChI=1S/C27H22N6O2/c28-14-17-3-5-18(6-4-17)19-7-9-20(10-8-19)26(34)32-13-1-2-21(16-32)33-24-22-11-12-29-25(22)30-15-23(24)31-27(33)35/h3-12,15,21H,1-2,13,16H2,(H,29,30)(H,31,35). The zero-order valence-electron chi connectivity index (χ0n) is 18.9. The normalized spacial score (nSPS) is 16.0. The molecule has 1 atom stereocenters. The second-order valence-corrected chi connectivity index (χ2v) is 8.87. The maximum absolute atomic E-state index is 13.3. The molecule has 35 heavy (non-hydrogen) atoms. The van der Waals surface area contributed by atoms with Gasteiger partial charge < -0.3 is 14.9 Å². The van der Waals surface area contributed by atoms with E-state index < -0.39 is 0 Å². The van der Waals surface area contributed by atoms with Gasteiger partial charge >= 0.3 is 5.69 Å². The fourth-order valence-electron chi connectivity index (χ4n) is 5.05. The van der Waals surface area contributed by atoms with Crippen molar-refractivity contribution in [3.63, 3.8) is 0 Å². The Morgan fingerprint density at radius 2 is 1.80 bits per heavy atom. The number of nitriles is 1. The van der Waals surface area contributed by atoms with Gasteiger partial charge in [0.05, 0.1) is 34.9 Å². The van der Waals surface area contributed by atoms with Gasteiger partial charge in [-0.1, -0.05) is 24.3 Å². The third-order valence-corrected chi connectivity index (χ3v) is 6.79. The summed E-state index contributed by atoms with van der Waals surface area (Å²) in [6.45, 7) is 1.13. The highest BCUT2D eigenvalue weighted by atomic mass is 16.2. The Bertz CT molecular complexity index is 1650. The summed E-state index contributed by atoms with van der Waals surface area (Å²) < 4.78 is 1.79. The van der Waals surface area contributed by atoms with E-state index in [1.165, 1.54) is 0 Å². The summed E-state index contributed by atoms with van der Waals surface area (Å²) in [5.74, 6) is -0.0394. The molecule has 1 aliphatic heterocycles. The van der Waals surface area contributed by atoms with Crippen molar-refractivity contribution in [2.24, 2.45) is 0 Å². The summed E-state index contributed by atoms with van der Waals surface area (Å²) in [6, 6.07) is 18.8. The number of nitrogens with zero attached hydrogens (tertiary/aromatic N) is 4. The van der Waals surface area contributed by atoms with Crippen molar-refractivity contribution < 1.29 is 4.79 Å². The van der Waals surface area contributed by atoms with Crippen LogP contribution in [0.4, 0.5) is 0 Å². The number of carbonyl (C=O) groups excluding carboxylic acids is 1. The Morgan fingerprint density at radius 3 is 2.54 bits per heavy atom. The number of carbonyl (C=O) groups is 1. The Morgan fingerprint density at radius 1 is 1.06 bits per heavy atom. The van der Waals surface area contributed by atoms with E-state index in [1.807, 2.05) is 53.6 Å². The van der Waals surface area contributed by atoms with Crippen LogP contribution in [0.3, 0.4) is 0 Å². The number of imidazole rings is 1. The van der Waals surface area contributed by atoms with Gasteiger partial charge in [0, 0.05) is 30.2 Å². The van der Waals surface area contributed by atoms with E-state index in [2.05, 4.69) is 21.0 Å². The molecular weight excluding hydrogens is 440 g/mol. The highest BCUT2D eigenvalue weighted by Crippen LogP contribution is 2.29. The molecule has 1 fully saturated rings. The first kappa shape index (κ1) is 20.9. The molecule has 0 bridgehead atoms. The molecule has 2 N–H and O–H groups in total. The number of pyridine rings is 1. The van der Waals surface area contributed by atoms with E-state index in [4.69, 9.17) is 5.26 Å². The van der Waals surface area contributed by atoms with Gasteiger partial charge in [-0.05, 0) is 54.3 Å². The number of hydrogen-bond donors (Lipinski definition) is 2. The number of H-pyrrole nitrogens is 2. The molecule has 1 aliphatic rings. The summed E-state index contributed by atoms with van der Waals surface area (Å²) in [5, 5.41) is 9.88. The van der Waals surface area contributed by atoms with Crippen LogP contribution in [0.5, 0.6) is 0 Å². The number of benzene rings is 2. The number of likely N-dealkylation sites (tertiary alicyclic amines) is 1. The monoisotopic (exact) mass is 462 g/mol. The molecule has 8 nitrogen and oxygen atoms in total. The van der Waals surface area contributed by atoms with E-state index in [0.29, 0.717) is 29.7 Å². The number of hydrogen-bond acceptors (Lipinski definition) is 4. The maximum Gasteiger partial charge on any atom is 0.326 e. The zero-order chi connectivity index (χ0) is 23.9. The van der Waals surface area contributed by atoms with E-state index in [1.54, 1.807) is 22.9 Å². The lowest BCUT2D eigenvalue weighted by atomic mass is 10.0. The van der Waals surface area contributed by atoms with Gasteiger partial charge in [-0.25, -0.2) is 9.78 Å². The summed E-state index contributed by atoms with van der Waals surface area (Å²) in [5.41, 5.74) is 5.28. The quantitative estimate of drug-likeness (QED) is 0.418. The van der Waals surface area contributed by atoms with Crippen LogP contribution in [-0.4, -0.2) is 43.4 Å². The van der Waals surface area contributed by atoms with Crippen LogP contribution in [0, 0.1) is 11.3 Å². The minimum absolute atomic E-state index is 0.0394. The summed E-state index contributed by atoms with van der Waals surface area (Å²) in [6.07, 6.45) is 5.13. The number of fused-ring (bicyclic) bond motifs is 3. The minimum atomic E-state index is -0.179. The topological polar surface area (TPSA) is 111 Å². The van der Waals surface area contributed by atoms with Crippen LogP contribution >= 0.6 is 0 Å². The molecule has 6 rings (SSSR count). The van der Waals surface area contributed by atoms with Crippen molar-refractivity contribution in [2.45, 2.75) is 18.9 Å². The molecule has 1 unspecified atom stereocenters. The molecule has 0 saturated carbocycles. The van der Waals surface area contributed by atoms with E-state index in [0.717, 1.165) is 40.5 Å². The van der Waals surface area contributed by atoms with Crippen molar-refractivity contribution in [3.8, 4) is 17.2 Å². The smallest absolute Gasteiger partial charge is 0.326 e. The predicted octanol–water partition coefficient (Wildman–Crippen LogP) is 4.22. The van der Waals surface area contributed by atoms with Crippen molar-refractivity contribution in [2.75, 3.05) is 13.1 Å². The van der Waals surface area contributed by atoms with Gasteiger partial charge in [-0.3, -0.25) is 9.36 Å². The van der Waals surface area contributed by atoms with Gasteiger partial charge in [0.2, 0.25) is 0 Å². The van der Waals surface area contributed by atoms with Gasteiger partial charge in [0.15, 0.2) is 0 Å². The second-order valence-electron chi connectivity index (χ2n) is 8.87. The Hall–Kier alpha value is -4.64. The van der Waals surface area contributed by atoms with Crippen LogP contribution in [0.2, 0.25) is 0 Å². The van der Waals surface area contributed by atoms with Crippen LogP contribution < -0.4 is 5.69 Å². The van der Waals surface area contributed by atoms with E-state index in [-0.39, 0.29) is 17.6 Å². The van der Waals surface area contributed by atoms with Crippen molar-refractivity contribution in [1.82, 2.24) is 24.4 Å². The highest BCUT2D eigenvalue weighted by Gasteiger charge is 2.28. The molecular formula is C27H22N6O2. The van der Waals surface area contributed by atoms with Crippen molar-refractivity contribution >= 4 is 28.0 Å². The average Bonchev–Trinajstić information content (AvgIpc) is 3.52. The molecule has 8 heteroatoms. The number of rotatable bonds is 3. The molecule has 172 valence electrons. The lowest BCUT2D eigenvalue weighted by Crippen LogP contribution is -2.42. The van der Waals surface area contributed by atoms with Crippen molar-refractivity contribution in [3.05, 3.63) is 88.6 Å². The summed E-state index contributed by atoms with van der Waals surface area (Å²) >= 11 is 0. The second kappa shape index (κ2) is 8.29. The largest absolute Gasteiger partial charge is 0.346 e. The maximum atomic E-state index is 13.3. The Balaban J connectivity index is 1.26. The van der Waals surface area contributed by atoms with Gasteiger partial charge in [-0.15, -0.1) is 0 Å². The average molecular weight is 463 g/mol. The molecule has 2 aromatic carbocycles. The SMILES string of the molecule is N#Cc1ccc(-c2ccc(C(=O)N3CCCC(n4c(=O)[nH]c5cnc6[nH]ccc6c54)C3)cc2)cc1. The molecule has 0 radical (unpaired) electrons. The number of amides is 1. The van der Waals surface area contributed by atoms with Gasteiger partial charge in [0.25, 0.3) is 5.91 Å². The van der Waals surface area contributed by atoms with Gasteiger partial charge in [-0.2, -0.15) is 5.26 Å². The predicted molar refractivity (Wildman–Crippen MR) is 133 cm³/mol. The van der Waals surface area contributed by atoms with E-state index >= 15 is 0 Å². The minimum Gasteiger partial charge on any atom is -0.346 e. The first-order chi connectivity index (χ1) is 17.1. The molecule has 0 aliphatic carbocycles. The Kier molecular flexibility index (Phi) is 4.96. The third-order valence-electron chi connectivity index (χ3n) is 6.79. The number of aromatic nitrogens is 4. The highest BCUT2D eigenvalue weighted by molar-refractivity contribution is 6.01. The lowest BCUT2D eigenvalue weighted by molar-refractivity contribution is 0.0680. The van der Waals surface area contributed by atoms with Crippen LogP contribution in [0.25, 0.3) is 33.2 Å². The van der Waals surface area contributed by atoms with Crippen LogP contribution in [0.1, 0.15) is 34.8 Å². The molecule has 1 saturated heterocycles. The number of piperidine rings is 1. The van der Waals surface area contributed by atoms with Gasteiger partial charge in [0.1, 0.15) is 5.65 Å². The van der Waals surface area contributed by atoms with Crippen LogP contribution in [-0.2, 0) is 0 Å². The summed E-state index contributed by atoms with van der Waals surface area (Å²) in [7, 11) is 0.